The number of carboxylic acid groups (broad SMARTS) is 1. The standard InChI is InChI=1S/C13H14N2O3S/c1-3-18-10-6-4-5-9(7-10)15-13-14-8(2)11(19-13)12(16)17/h4-7H,3H2,1-2H3,(H,14,15)(H,16,17). The summed E-state index contributed by atoms with van der Waals surface area (Å²) in [5, 5.41) is 12.6. The third kappa shape index (κ3) is 3.23. The van der Waals surface area contributed by atoms with Crippen LogP contribution < -0.4 is 10.1 Å². The predicted molar refractivity (Wildman–Crippen MR) is 74.7 cm³/mol. The highest BCUT2D eigenvalue weighted by molar-refractivity contribution is 7.17. The Balaban J connectivity index is 2.19. The van der Waals surface area contributed by atoms with Crippen LogP contribution in [0, 0.1) is 6.92 Å². The molecule has 0 aliphatic carbocycles. The van der Waals surface area contributed by atoms with E-state index >= 15 is 0 Å². The monoisotopic (exact) mass is 278 g/mol. The number of carbonyl (C=O) groups is 1. The van der Waals surface area contributed by atoms with Gasteiger partial charge in [-0.15, -0.1) is 0 Å². The molecule has 1 aromatic carbocycles. The number of benzene rings is 1. The van der Waals surface area contributed by atoms with Gasteiger partial charge in [-0.3, -0.25) is 0 Å². The molecular formula is C13H14N2O3S. The molecule has 0 saturated heterocycles. The summed E-state index contributed by atoms with van der Waals surface area (Å²) in [4.78, 5) is 15.4. The summed E-state index contributed by atoms with van der Waals surface area (Å²) in [6, 6.07) is 7.46. The van der Waals surface area contributed by atoms with E-state index in [0.29, 0.717) is 17.4 Å². The number of aromatic carboxylic acids is 1. The summed E-state index contributed by atoms with van der Waals surface area (Å²) >= 11 is 1.12. The first-order chi connectivity index (χ1) is 9.10. The molecule has 0 atom stereocenters. The lowest BCUT2D eigenvalue weighted by atomic mass is 10.3. The van der Waals surface area contributed by atoms with Crippen molar-refractivity contribution in [2.45, 2.75) is 13.8 Å². The Morgan fingerprint density at radius 1 is 1.53 bits per heavy atom. The molecule has 0 radical (unpaired) electrons. The van der Waals surface area contributed by atoms with Crippen LogP contribution in [0.5, 0.6) is 5.75 Å². The lowest BCUT2D eigenvalue weighted by molar-refractivity contribution is 0.0701. The summed E-state index contributed by atoms with van der Waals surface area (Å²) in [5.41, 5.74) is 1.33. The number of aryl methyl sites for hydroxylation is 1. The minimum Gasteiger partial charge on any atom is -0.494 e. The minimum atomic E-state index is -0.953. The van der Waals surface area contributed by atoms with E-state index in [4.69, 9.17) is 9.84 Å². The second-order valence-electron chi connectivity index (χ2n) is 3.82. The highest BCUT2D eigenvalue weighted by atomic mass is 32.1. The van der Waals surface area contributed by atoms with Gasteiger partial charge in [0.25, 0.3) is 0 Å². The number of nitrogens with one attached hydrogen (secondary N) is 1. The summed E-state index contributed by atoms with van der Waals surface area (Å²) in [6.07, 6.45) is 0. The third-order valence-corrected chi connectivity index (χ3v) is 3.45. The van der Waals surface area contributed by atoms with Gasteiger partial charge in [0.15, 0.2) is 5.13 Å². The maximum absolute atomic E-state index is 10.9. The Bertz CT molecular complexity index is 595. The Morgan fingerprint density at radius 2 is 2.32 bits per heavy atom. The molecular weight excluding hydrogens is 264 g/mol. The fourth-order valence-electron chi connectivity index (χ4n) is 1.60. The van der Waals surface area contributed by atoms with E-state index in [1.54, 1.807) is 6.92 Å². The van der Waals surface area contributed by atoms with Crippen LogP contribution >= 0.6 is 11.3 Å². The molecule has 0 bridgehead atoms. The van der Waals surface area contributed by atoms with Crippen molar-refractivity contribution in [3.05, 3.63) is 34.8 Å². The van der Waals surface area contributed by atoms with Crippen molar-refractivity contribution in [1.29, 1.82) is 0 Å². The van der Waals surface area contributed by atoms with Gasteiger partial charge >= 0.3 is 5.97 Å². The Kier molecular flexibility index (Phi) is 4.01. The summed E-state index contributed by atoms with van der Waals surface area (Å²) in [7, 11) is 0. The topological polar surface area (TPSA) is 71.5 Å². The van der Waals surface area contributed by atoms with Gasteiger partial charge in [0.2, 0.25) is 0 Å². The molecule has 19 heavy (non-hydrogen) atoms. The third-order valence-electron chi connectivity index (χ3n) is 2.39. The van der Waals surface area contributed by atoms with Gasteiger partial charge in [0, 0.05) is 11.8 Å². The minimum absolute atomic E-state index is 0.253. The second kappa shape index (κ2) is 5.71. The van der Waals surface area contributed by atoms with E-state index in [0.717, 1.165) is 22.8 Å². The molecule has 100 valence electrons. The van der Waals surface area contributed by atoms with E-state index < -0.39 is 5.97 Å². The Labute approximate surface area is 114 Å². The van der Waals surface area contributed by atoms with Crippen LogP contribution in [-0.2, 0) is 0 Å². The summed E-state index contributed by atoms with van der Waals surface area (Å²) in [6.45, 7) is 4.20. The van der Waals surface area contributed by atoms with Crippen LogP contribution in [0.4, 0.5) is 10.8 Å². The number of nitrogens with zero attached hydrogens (tertiary/aromatic N) is 1. The van der Waals surface area contributed by atoms with Gasteiger partial charge in [0.1, 0.15) is 10.6 Å². The number of aromatic nitrogens is 1. The summed E-state index contributed by atoms with van der Waals surface area (Å²) < 4.78 is 5.40. The number of anilines is 2. The Morgan fingerprint density at radius 3 is 2.95 bits per heavy atom. The van der Waals surface area contributed by atoms with Crippen LogP contribution in [0.3, 0.4) is 0 Å². The van der Waals surface area contributed by atoms with Crippen molar-refractivity contribution in [1.82, 2.24) is 4.98 Å². The van der Waals surface area contributed by atoms with Crippen LogP contribution in [-0.4, -0.2) is 22.7 Å². The summed E-state index contributed by atoms with van der Waals surface area (Å²) in [5.74, 6) is -0.189. The number of thiazole rings is 1. The van der Waals surface area contributed by atoms with Crippen LogP contribution in [0.1, 0.15) is 22.3 Å². The SMILES string of the molecule is CCOc1cccc(Nc2nc(C)c(C(=O)O)s2)c1. The fourth-order valence-corrected chi connectivity index (χ4v) is 2.43. The molecule has 0 fully saturated rings. The molecule has 0 saturated carbocycles. The number of hydrogen-bond donors (Lipinski definition) is 2. The smallest absolute Gasteiger partial charge is 0.347 e. The van der Waals surface area contributed by atoms with Crippen molar-refractivity contribution in [3.8, 4) is 5.75 Å². The van der Waals surface area contributed by atoms with E-state index in [1.165, 1.54) is 0 Å². The van der Waals surface area contributed by atoms with Gasteiger partial charge in [-0.25, -0.2) is 9.78 Å². The van der Waals surface area contributed by atoms with Gasteiger partial charge in [-0.1, -0.05) is 17.4 Å². The molecule has 5 nitrogen and oxygen atoms in total. The Hall–Kier alpha value is -2.08. The molecule has 1 heterocycles. The van der Waals surface area contributed by atoms with Crippen molar-refractivity contribution in [2.24, 2.45) is 0 Å². The zero-order valence-corrected chi connectivity index (χ0v) is 11.5. The van der Waals surface area contributed by atoms with E-state index in [9.17, 15) is 4.79 Å². The molecule has 0 unspecified atom stereocenters. The van der Waals surface area contributed by atoms with Crippen LogP contribution in [0.25, 0.3) is 0 Å². The van der Waals surface area contributed by atoms with Crippen LogP contribution in [0.15, 0.2) is 24.3 Å². The number of ether oxygens (including phenoxy) is 1. The van der Waals surface area contributed by atoms with Crippen molar-refractivity contribution < 1.29 is 14.6 Å². The predicted octanol–water partition coefficient (Wildman–Crippen LogP) is 3.29. The average molecular weight is 278 g/mol. The van der Waals surface area contributed by atoms with Crippen molar-refractivity contribution in [3.63, 3.8) is 0 Å². The zero-order chi connectivity index (χ0) is 13.8. The highest BCUT2D eigenvalue weighted by Gasteiger charge is 2.13. The molecule has 2 aromatic rings. The first-order valence-corrected chi connectivity index (χ1v) is 6.62. The second-order valence-corrected chi connectivity index (χ2v) is 4.82. The first-order valence-electron chi connectivity index (χ1n) is 5.80. The van der Waals surface area contributed by atoms with Crippen molar-refractivity contribution >= 4 is 28.1 Å². The van der Waals surface area contributed by atoms with Crippen molar-refractivity contribution in [2.75, 3.05) is 11.9 Å². The van der Waals surface area contributed by atoms with E-state index in [-0.39, 0.29) is 4.88 Å². The first kappa shape index (κ1) is 13.4. The maximum atomic E-state index is 10.9. The van der Waals surface area contributed by atoms with E-state index in [1.807, 2.05) is 31.2 Å². The number of carboxylic acids is 1. The molecule has 0 amide bonds. The fraction of sp³-hybridized carbons (Fsp3) is 0.231. The van der Waals surface area contributed by atoms with Gasteiger partial charge < -0.3 is 15.2 Å². The molecule has 6 heteroatoms. The van der Waals surface area contributed by atoms with Crippen LogP contribution in [0.2, 0.25) is 0 Å². The van der Waals surface area contributed by atoms with E-state index in [2.05, 4.69) is 10.3 Å². The molecule has 2 rings (SSSR count). The molecule has 1 aromatic heterocycles. The largest absolute Gasteiger partial charge is 0.494 e. The molecule has 0 aliphatic rings. The quantitative estimate of drug-likeness (QED) is 0.878. The maximum Gasteiger partial charge on any atom is 0.347 e. The van der Waals surface area contributed by atoms with Gasteiger partial charge in [-0.05, 0) is 26.0 Å². The zero-order valence-electron chi connectivity index (χ0n) is 10.6. The normalized spacial score (nSPS) is 10.2. The number of hydrogen-bond acceptors (Lipinski definition) is 5. The molecule has 2 N–H and O–H groups in total. The lowest BCUT2D eigenvalue weighted by Gasteiger charge is -2.06. The lowest BCUT2D eigenvalue weighted by Crippen LogP contribution is -1.94. The molecule has 0 spiro atoms. The number of rotatable bonds is 5. The highest BCUT2D eigenvalue weighted by Crippen LogP contribution is 2.27. The van der Waals surface area contributed by atoms with Gasteiger partial charge in [-0.2, -0.15) is 0 Å². The van der Waals surface area contributed by atoms with Gasteiger partial charge in [0.05, 0.1) is 12.3 Å². The molecule has 0 aliphatic heterocycles. The average Bonchev–Trinajstić information content (AvgIpc) is 2.71.